The van der Waals surface area contributed by atoms with E-state index >= 15 is 0 Å². The molecule has 0 fully saturated rings. The fourth-order valence-corrected chi connectivity index (χ4v) is 3.17. The molecule has 1 atom stereocenters. The van der Waals surface area contributed by atoms with E-state index in [-0.39, 0.29) is 17.7 Å². The highest BCUT2D eigenvalue weighted by Gasteiger charge is 2.45. The third-order valence-corrected chi connectivity index (χ3v) is 4.29. The van der Waals surface area contributed by atoms with Gasteiger partial charge in [-0.05, 0) is 36.1 Å². The van der Waals surface area contributed by atoms with Crippen LogP contribution >= 0.6 is 0 Å². The van der Waals surface area contributed by atoms with Gasteiger partial charge in [0, 0.05) is 0 Å². The average molecular weight is 331 g/mol. The summed E-state index contributed by atoms with van der Waals surface area (Å²) in [7, 11) is 0. The lowest BCUT2D eigenvalue weighted by Crippen LogP contribution is -2.30. The first kappa shape index (κ1) is 16.0. The molecule has 4 nitrogen and oxygen atoms in total. The van der Waals surface area contributed by atoms with E-state index in [4.69, 9.17) is 5.73 Å². The molecule has 0 saturated heterocycles. The molecule has 122 valence electrons. The van der Waals surface area contributed by atoms with E-state index in [0.717, 1.165) is 11.6 Å². The van der Waals surface area contributed by atoms with Gasteiger partial charge in [0.1, 0.15) is 11.1 Å². The number of fused-ring (bicyclic) bond motifs is 1. The maximum absolute atomic E-state index is 13.1. The molecule has 24 heavy (non-hydrogen) atoms. The molecule has 0 spiro atoms. The van der Waals surface area contributed by atoms with Gasteiger partial charge < -0.3 is 5.73 Å². The Kier molecular flexibility index (Phi) is 3.56. The lowest BCUT2D eigenvalue weighted by molar-refractivity contribution is -0.141. The van der Waals surface area contributed by atoms with Gasteiger partial charge >= 0.3 is 6.18 Å². The highest BCUT2D eigenvalue weighted by molar-refractivity contribution is 5.94. The minimum atomic E-state index is -4.68. The number of amides is 1. The summed E-state index contributed by atoms with van der Waals surface area (Å²) in [6.45, 7) is 0. The zero-order valence-electron chi connectivity index (χ0n) is 12.4. The summed E-state index contributed by atoms with van der Waals surface area (Å²) in [5.41, 5.74) is 3.78. The van der Waals surface area contributed by atoms with Gasteiger partial charge in [-0.15, -0.1) is 0 Å². The second-order valence-corrected chi connectivity index (χ2v) is 5.63. The maximum atomic E-state index is 13.1. The smallest absolute Gasteiger partial charge is 0.366 e. The maximum Gasteiger partial charge on any atom is 0.433 e. The van der Waals surface area contributed by atoms with Crippen LogP contribution in [0.25, 0.3) is 0 Å². The number of aryl methyl sites for hydroxylation is 1. The number of hydrogen-bond acceptors (Lipinski definition) is 3. The molecular weight excluding hydrogens is 319 g/mol. The van der Waals surface area contributed by atoms with Crippen LogP contribution in [-0.4, -0.2) is 10.9 Å². The molecule has 0 saturated carbocycles. The Hall–Kier alpha value is -2.88. The quantitative estimate of drug-likeness (QED) is 0.919. The van der Waals surface area contributed by atoms with Crippen molar-refractivity contribution >= 4 is 5.91 Å². The van der Waals surface area contributed by atoms with E-state index < -0.39 is 23.2 Å². The molecule has 1 aromatic carbocycles. The molecule has 1 aromatic heterocycles. The monoisotopic (exact) mass is 331 g/mol. The minimum absolute atomic E-state index is 0.166. The first-order chi connectivity index (χ1) is 11.3. The SMILES string of the molecule is N#CC1(c2nc(C(F)(F)F)ccc2C(N)=O)CCc2ccccc21. The van der Waals surface area contributed by atoms with Crippen molar-refractivity contribution in [3.8, 4) is 6.07 Å². The molecule has 2 N–H and O–H groups in total. The third kappa shape index (κ3) is 2.31. The number of hydrogen-bond donors (Lipinski definition) is 1. The normalized spacial score (nSPS) is 19.6. The van der Waals surface area contributed by atoms with E-state index in [0.29, 0.717) is 18.1 Å². The van der Waals surface area contributed by atoms with E-state index in [9.17, 15) is 23.2 Å². The van der Waals surface area contributed by atoms with Crippen molar-refractivity contribution in [3.05, 3.63) is 64.5 Å². The first-order valence-corrected chi connectivity index (χ1v) is 7.18. The number of carbonyl (C=O) groups excluding carboxylic acids is 1. The zero-order chi connectivity index (χ0) is 17.5. The fraction of sp³-hybridized carbons (Fsp3) is 0.235. The van der Waals surface area contributed by atoms with Crippen LogP contribution in [0.1, 0.15) is 39.3 Å². The number of benzene rings is 1. The summed E-state index contributed by atoms with van der Waals surface area (Å²) >= 11 is 0. The van der Waals surface area contributed by atoms with Crippen LogP contribution in [0.4, 0.5) is 13.2 Å². The van der Waals surface area contributed by atoms with Crippen molar-refractivity contribution in [1.82, 2.24) is 4.98 Å². The number of alkyl halides is 3. The largest absolute Gasteiger partial charge is 0.433 e. The Morgan fingerprint density at radius 2 is 1.96 bits per heavy atom. The number of halogens is 3. The number of pyridine rings is 1. The lowest BCUT2D eigenvalue weighted by atomic mass is 9.77. The predicted octanol–water partition coefficient (Wildman–Crippen LogP) is 2.96. The van der Waals surface area contributed by atoms with Crippen LogP contribution in [-0.2, 0) is 18.0 Å². The number of primary amides is 1. The Balaban J connectivity index is 2.31. The van der Waals surface area contributed by atoms with Crippen LogP contribution in [0.2, 0.25) is 0 Å². The van der Waals surface area contributed by atoms with E-state index in [2.05, 4.69) is 11.1 Å². The van der Waals surface area contributed by atoms with E-state index in [1.807, 2.05) is 6.07 Å². The number of rotatable bonds is 2. The van der Waals surface area contributed by atoms with Gasteiger partial charge in [-0.3, -0.25) is 4.79 Å². The van der Waals surface area contributed by atoms with E-state index in [1.54, 1.807) is 18.2 Å². The second kappa shape index (κ2) is 5.34. The summed E-state index contributed by atoms with van der Waals surface area (Å²) in [6.07, 6.45) is -3.92. The minimum Gasteiger partial charge on any atom is -0.366 e. The lowest BCUT2D eigenvalue weighted by Gasteiger charge is -2.24. The Morgan fingerprint density at radius 3 is 2.58 bits per heavy atom. The van der Waals surface area contributed by atoms with Gasteiger partial charge in [0.15, 0.2) is 0 Å². The number of nitrogens with zero attached hydrogens (tertiary/aromatic N) is 2. The molecule has 1 aliphatic rings. The molecule has 1 heterocycles. The van der Waals surface area contributed by atoms with Crippen LogP contribution < -0.4 is 5.73 Å². The van der Waals surface area contributed by atoms with Gasteiger partial charge in [0.2, 0.25) is 0 Å². The van der Waals surface area contributed by atoms with Crippen LogP contribution in [0.5, 0.6) is 0 Å². The molecule has 0 radical (unpaired) electrons. The molecule has 3 rings (SSSR count). The standard InChI is InChI=1S/C17H12F3N3O/c18-17(19,20)13-6-5-11(15(22)24)14(23-13)16(9-21)8-7-10-3-1-2-4-12(10)16/h1-6H,7-8H2,(H2,22,24). The Morgan fingerprint density at radius 1 is 1.25 bits per heavy atom. The number of aromatic nitrogens is 1. The Labute approximate surface area is 135 Å². The molecule has 1 aliphatic carbocycles. The molecular formula is C17H12F3N3O. The molecule has 2 aromatic rings. The van der Waals surface area contributed by atoms with Crippen LogP contribution in [0.15, 0.2) is 36.4 Å². The average Bonchev–Trinajstić information content (AvgIpc) is 2.93. The fourth-order valence-electron chi connectivity index (χ4n) is 3.17. The summed E-state index contributed by atoms with van der Waals surface area (Å²) in [4.78, 5) is 15.3. The van der Waals surface area contributed by atoms with Crippen LogP contribution in [0, 0.1) is 11.3 Å². The number of nitrogens with two attached hydrogens (primary N) is 1. The first-order valence-electron chi connectivity index (χ1n) is 7.18. The highest BCUT2D eigenvalue weighted by Crippen LogP contribution is 2.44. The van der Waals surface area contributed by atoms with Crippen LogP contribution in [0.3, 0.4) is 0 Å². The third-order valence-electron chi connectivity index (χ3n) is 4.29. The van der Waals surface area contributed by atoms with Crippen molar-refractivity contribution in [2.24, 2.45) is 5.73 Å². The van der Waals surface area contributed by atoms with Crippen molar-refractivity contribution in [3.63, 3.8) is 0 Å². The van der Waals surface area contributed by atoms with Gasteiger partial charge in [-0.1, -0.05) is 24.3 Å². The second-order valence-electron chi connectivity index (χ2n) is 5.63. The van der Waals surface area contributed by atoms with Crippen molar-refractivity contribution in [2.75, 3.05) is 0 Å². The molecule has 7 heteroatoms. The van der Waals surface area contributed by atoms with Crippen molar-refractivity contribution < 1.29 is 18.0 Å². The number of nitriles is 1. The topological polar surface area (TPSA) is 79.8 Å². The zero-order valence-corrected chi connectivity index (χ0v) is 12.4. The van der Waals surface area contributed by atoms with Crippen molar-refractivity contribution in [1.29, 1.82) is 5.26 Å². The summed E-state index contributed by atoms with van der Waals surface area (Å²) in [6, 6.07) is 10.8. The van der Waals surface area contributed by atoms with E-state index in [1.165, 1.54) is 0 Å². The van der Waals surface area contributed by atoms with Gasteiger partial charge in [0.05, 0.1) is 17.3 Å². The summed E-state index contributed by atoms with van der Waals surface area (Å²) in [5, 5.41) is 9.79. The summed E-state index contributed by atoms with van der Waals surface area (Å²) < 4.78 is 39.2. The molecule has 0 bridgehead atoms. The Bertz CT molecular complexity index is 870. The van der Waals surface area contributed by atoms with Gasteiger partial charge in [0.25, 0.3) is 5.91 Å². The van der Waals surface area contributed by atoms with Crippen molar-refractivity contribution in [2.45, 2.75) is 24.4 Å². The molecule has 0 aliphatic heterocycles. The van der Waals surface area contributed by atoms with Gasteiger partial charge in [-0.2, -0.15) is 18.4 Å². The molecule has 1 unspecified atom stereocenters. The molecule has 1 amide bonds. The van der Waals surface area contributed by atoms with Gasteiger partial charge in [-0.25, -0.2) is 4.98 Å². The number of carbonyl (C=O) groups is 1. The highest BCUT2D eigenvalue weighted by atomic mass is 19.4. The predicted molar refractivity (Wildman–Crippen MR) is 78.9 cm³/mol. The summed E-state index contributed by atoms with van der Waals surface area (Å²) in [5.74, 6) is -0.912.